The molecule has 1 N–H and O–H groups in total. The van der Waals surface area contributed by atoms with Crippen molar-refractivity contribution in [2.75, 3.05) is 18.8 Å². The number of pyridine rings is 1. The van der Waals surface area contributed by atoms with Gasteiger partial charge in [-0.3, -0.25) is 9.29 Å². The second kappa shape index (κ2) is 8.99. The van der Waals surface area contributed by atoms with Gasteiger partial charge in [0.15, 0.2) is 5.58 Å². The van der Waals surface area contributed by atoms with Crippen LogP contribution in [0.25, 0.3) is 11.1 Å². The molecular weight excluding hydrogens is 466 g/mol. The fraction of sp³-hybridized carbons (Fsp3) is 0.217. The monoisotopic (exact) mass is 488 g/mol. The molecule has 0 unspecified atom stereocenters. The number of rotatable bonds is 7. The Hall–Kier alpha value is -3.57. The summed E-state index contributed by atoms with van der Waals surface area (Å²) >= 11 is 0. The Morgan fingerprint density at radius 1 is 1.12 bits per heavy atom. The zero-order valence-corrected chi connectivity index (χ0v) is 19.4. The molecule has 4 rings (SSSR count). The molecule has 0 radical (unpaired) electrons. The van der Waals surface area contributed by atoms with Crippen molar-refractivity contribution < 1.29 is 21.6 Å². The molecule has 34 heavy (non-hydrogen) atoms. The van der Waals surface area contributed by atoms with Gasteiger partial charge < -0.3 is 9.32 Å². The molecule has 2 aromatic carbocycles. The molecule has 8 nitrogen and oxygen atoms in total. The zero-order chi connectivity index (χ0) is 24.6. The van der Waals surface area contributed by atoms with E-state index in [1.54, 1.807) is 6.92 Å². The first-order valence-corrected chi connectivity index (χ1v) is 11.8. The van der Waals surface area contributed by atoms with Gasteiger partial charge in [-0.15, -0.1) is 0 Å². The third-order valence-electron chi connectivity index (χ3n) is 5.23. The third-order valence-corrected chi connectivity index (χ3v) is 6.60. The van der Waals surface area contributed by atoms with E-state index in [0.29, 0.717) is 6.54 Å². The van der Waals surface area contributed by atoms with Crippen molar-refractivity contribution in [1.82, 2.24) is 14.5 Å². The fourth-order valence-electron chi connectivity index (χ4n) is 3.73. The molecule has 11 heteroatoms. The average molecular weight is 489 g/mol. The van der Waals surface area contributed by atoms with Crippen LogP contribution in [0.4, 0.5) is 14.6 Å². The summed E-state index contributed by atoms with van der Waals surface area (Å²) in [5.74, 6) is -3.07. The zero-order valence-electron chi connectivity index (χ0n) is 18.6. The summed E-state index contributed by atoms with van der Waals surface area (Å²) in [4.78, 5) is 17.3. The summed E-state index contributed by atoms with van der Waals surface area (Å²) in [6.07, 6.45) is 0. The highest BCUT2D eigenvalue weighted by molar-refractivity contribution is 7.92. The highest BCUT2D eigenvalue weighted by Gasteiger charge is 2.25. The molecule has 0 aliphatic rings. The van der Waals surface area contributed by atoms with Gasteiger partial charge in [0.25, 0.3) is 10.0 Å². The Kier molecular flexibility index (Phi) is 6.24. The number of nitrogens with zero attached hydrogens (tertiary/aromatic N) is 3. The van der Waals surface area contributed by atoms with E-state index >= 15 is 0 Å². The topological polar surface area (TPSA) is 97.4 Å². The van der Waals surface area contributed by atoms with Crippen LogP contribution in [0.2, 0.25) is 0 Å². The number of sulfonamides is 1. The van der Waals surface area contributed by atoms with E-state index in [-0.39, 0.29) is 16.9 Å². The van der Waals surface area contributed by atoms with Crippen molar-refractivity contribution >= 4 is 26.9 Å². The van der Waals surface area contributed by atoms with Gasteiger partial charge >= 0.3 is 5.76 Å². The smallest absolute Gasteiger partial charge is 0.408 e. The summed E-state index contributed by atoms with van der Waals surface area (Å²) in [6.45, 7) is 2.47. The molecule has 2 heterocycles. The van der Waals surface area contributed by atoms with Crippen LogP contribution in [0, 0.1) is 11.8 Å². The van der Waals surface area contributed by atoms with Gasteiger partial charge in [-0.1, -0.05) is 30.3 Å². The summed E-state index contributed by atoms with van der Waals surface area (Å²) in [7, 11) is -0.591. The van der Waals surface area contributed by atoms with E-state index in [9.17, 15) is 22.0 Å². The Morgan fingerprint density at radius 2 is 1.85 bits per heavy atom. The number of anilines is 1. The van der Waals surface area contributed by atoms with E-state index in [4.69, 9.17) is 4.42 Å². The van der Waals surface area contributed by atoms with Gasteiger partial charge in [-0.2, -0.15) is 4.39 Å². The molecule has 0 saturated carbocycles. The molecule has 0 fully saturated rings. The quantitative estimate of drug-likeness (QED) is 0.398. The van der Waals surface area contributed by atoms with E-state index in [1.807, 2.05) is 48.0 Å². The fourth-order valence-corrected chi connectivity index (χ4v) is 4.81. The van der Waals surface area contributed by atoms with Crippen LogP contribution < -0.4 is 10.5 Å². The molecule has 0 spiro atoms. The van der Waals surface area contributed by atoms with Crippen LogP contribution >= 0.6 is 0 Å². The summed E-state index contributed by atoms with van der Waals surface area (Å²) in [6, 6.07) is 12.5. The number of oxazole rings is 1. The second-order valence-electron chi connectivity index (χ2n) is 8.10. The normalized spacial score (nSPS) is 12.9. The van der Waals surface area contributed by atoms with E-state index in [2.05, 4.69) is 4.98 Å². The minimum atomic E-state index is -4.48. The highest BCUT2D eigenvalue weighted by Crippen LogP contribution is 2.28. The Bertz CT molecular complexity index is 1530. The Labute approximate surface area is 194 Å². The number of halogens is 2. The molecule has 2 aromatic heterocycles. The van der Waals surface area contributed by atoms with Crippen LogP contribution in [0.1, 0.15) is 24.1 Å². The summed E-state index contributed by atoms with van der Waals surface area (Å²) in [5.41, 5.74) is 1.85. The maximum atomic E-state index is 15.0. The van der Waals surface area contributed by atoms with Crippen LogP contribution in [0.3, 0.4) is 0 Å². The van der Waals surface area contributed by atoms with Crippen LogP contribution in [-0.4, -0.2) is 37.0 Å². The van der Waals surface area contributed by atoms with Crippen molar-refractivity contribution in [3.05, 3.63) is 88.0 Å². The predicted octanol–water partition coefficient (Wildman–Crippen LogP) is 3.74. The molecule has 1 atom stereocenters. The van der Waals surface area contributed by atoms with Gasteiger partial charge in [0, 0.05) is 18.7 Å². The number of aromatic nitrogens is 2. The van der Waals surface area contributed by atoms with E-state index in [0.717, 1.165) is 29.3 Å². The van der Waals surface area contributed by atoms with E-state index in [1.165, 1.54) is 16.7 Å². The number of fused-ring (bicyclic) bond motifs is 1. The predicted molar refractivity (Wildman–Crippen MR) is 123 cm³/mol. The Morgan fingerprint density at radius 3 is 2.56 bits per heavy atom. The van der Waals surface area contributed by atoms with Gasteiger partial charge in [0.1, 0.15) is 16.5 Å². The number of hydrogen-bond donors (Lipinski definition) is 1. The molecule has 0 saturated heterocycles. The number of benzene rings is 2. The lowest BCUT2D eigenvalue weighted by Crippen LogP contribution is -2.20. The third kappa shape index (κ3) is 4.70. The maximum absolute atomic E-state index is 15.0. The minimum absolute atomic E-state index is 0.102. The van der Waals surface area contributed by atoms with Crippen molar-refractivity contribution in [2.45, 2.75) is 24.4 Å². The van der Waals surface area contributed by atoms with Gasteiger partial charge in [-0.05, 0) is 44.3 Å². The number of nitrogens with one attached hydrogen (secondary N) is 1. The lowest BCUT2D eigenvalue weighted by Gasteiger charge is -2.16. The Balaban J connectivity index is 1.74. The highest BCUT2D eigenvalue weighted by atomic mass is 32.2. The molecule has 4 aromatic rings. The standard InChI is InChI=1S/C23H22F2N4O4S/c1-14(16-7-4-6-15(10-16)13-28(2)3)29-18-11-17(24)20(12-19(18)33-23(29)30)34(31,32)27-22-9-5-8-21(25)26-22/h4-12,14H,13H2,1-3H3,(H,26,27)/t14-/m1/s1. The molecule has 178 valence electrons. The molecule has 0 aliphatic heterocycles. The van der Waals surface area contributed by atoms with Gasteiger partial charge in [-0.25, -0.2) is 22.6 Å². The van der Waals surface area contributed by atoms with Gasteiger partial charge in [0.2, 0.25) is 5.95 Å². The largest absolute Gasteiger partial charge is 0.420 e. The average Bonchev–Trinajstić information content (AvgIpc) is 3.06. The molecule has 0 aliphatic carbocycles. The molecule has 0 amide bonds. The van der Waals surface area contributed by atoms with Crippen LogP contribution in [0.5, 0.6) is 0 Å². The number of hydrogen-bond acceptors (Lipinski definition) is 6. The van der Waals surface area contributed by atoms with Crippen LogP contribution in [-0.2, 0) is 16.6 Å². The van der Waals surface area contributed by atoms with Crippen molar-refractivity contribution in [1.29, 1.82) is 0 Å². The molecule has 0 bridgehead atoms. The first kappa shape index (κ1) is 23.6. The van der Waals surface area contributed by atoms with Crippen molar-refractivity contribution in [2.24, 2.45) is 0 Å². The van der Waals surface area contributed by atoms with Crippen molar-refractivity contribution in [3.8, 4) is 0 Å². The lowest BCUT2D eigenvalue weighted by atomic mass is 10.0. The van der Waals surface area contributed by atoms with Gasteiger partial charge in [0.05, 0.1) is 11.6 Å². The summed E-state index contributed by atoms with van der Waals surface area (Å²) in [5, 5.41) is 0. The second-order valence-corrected chi connectivity index (χ2v) is 9.75. The summed E-state index contributed by atoms with van der Waals surface area (Å²) < 4.78 is 62.3. The maximum Gasteiger partial charge on any atom is 0.420 e. The first-order chi connectivity index (χ1) is 16.0. The van der Waals surface area contributed by atoms with Crippen molar-refractivity contribution in [3.63, 3.8) is 0 Å². The minimum Gasteiger partial charge on any atom is -0.408 e. The van der Waals surface area contributed by atoms with E-state index < -0.39 is 38.5 Å². The SMILES string of the molecule is C[C@H](c1cccc(CN(C)C)c1)n1c(=O)oc2cc(S(=O)(=O)Nc3cccc(F)n3)c(F)cc21. The first-order valence-electron chi connectivity index (χ1n) is 10.3. The lowest BCUT2D eigenvalue weighted by molar-refractivity contribution is 0.402. The molecular formula is C23H22F2N4O4S. The van der Waals surface area contributed by atoms with Crippen LogP contribution in [0.15, 0.2) is 68.7 Å².